The van der Waals surface area contributed by atoms with E-state index in [1.54, 1.807) is 0 Å². The topological polar surface area (TPSA) is 128 Å². The third kappa shape index (κ3) is 6.89. The van der Waals surface area contributed by atoms with Crippen LogP contribution in [0.1, 0.15) is 23.2 Å². The Hall–Kier alpha value is -2.46. The van der Waals surface area contributed by atoms with Gasteiger partial charge < -0.3 is 14.8 Å². The molecule has 0 saturated heterocycles. The standard InChI is InChI=1S/C15H20N2O7S/c1-16-25(21,22)12-6-3-5-11(9-12)15(20)24-10-13(18)17-8-4-7-14(19)23-2/h3,5-6,9,16H,4,7-8,10H2,1-2H3,(H,17,18). The van der Waals surface area contributed by atoms with Gasteiger partial charge in [0, 0.05) is 13.0 Å². The fourth-order valence-electron chi connectivity index (χ4n) is 1.74. The molecule has 0 bridgehead atoms. The number of carbonyl (C=O) groups is 3. The number of carbonyl (C=O) groups excluding carboxylic acids is 3. The summed E-state index contributed by atoms with van der Waals surface area (Å²) in [5, 5.41) is 2.48. The smallest absolute Gasteiger partial charge is 0.338 e. The van der Waals surface area contributed by atoms with Gasteiger partial charge in [0.15, 0.2) is 6.61 Å². The summed E-state index contributed by atoms with van der Waals surface area (Å²) in [7, 11) is -1.15. The quantitative estimate of drug-likeness (QED) is 0.454. The number of esters is 2. The Kier molecular flexibility index (Phi) is 8.02. The highest BCUT2D eigenvalue weighted by Crippen LogP contribution is 2.12. The monoisotopic (exact) mass is 372 g/mol. The zero-order valence-electron chi connectivity index (χ0n) is 13.9. The van der Waals surface area contributed by atoms with Gasteiger partial charge in [-0.05, 0) is 31.7 Å². The normalized spacial score (nSPS) is 10.8. The van der Waals surface area contributed by atoms with Crippen LogP contribution in [0.4, 0.5) is 0 Å². The molecule has 0 aliphatic carbocycles. The van der Waals surface area contributed by atoms with Gasteiger partial charge in [-0.2, -0.15) is 0 Å². The fourth-order valence-corrected chi connectivity index (χ4v) is 2.51. The molecular formula is C15H20N2O7S. The van der Waals surface area contributed by atoms with Crippen LogP contribution in [-0.4, -0.2) is 53.6 Å². The third-order valence-corrected chi connectivity index (χ3v) is 4.50. The van der Waals surface area contributed by atoms with Crippen molar-refractivity contribution in [2.75, 3.05) is 27.3 Å². The van der Waals surface area contributed by atoms with Gasteiger partial charge in [-0.3, -0.25) is 9.59 Å². The zero-order chi connectivity index (χ0) is 18.9. The number of hydrogen-bond acceptors (Lipinski definition) is 7. The SMILES string of the molecule is CNS(=O)(=O)c1cccc(C(=O)OCC(=O)NCCCC(=O)OC)c1. The Morgan fingerprint density at radius 1 is 1.20 bits per heavy atom. The second-order valence-corrected chi connectivity index (χ2v) is 6.73. The van der Waals surface area contributed by atoms with Crippen molar-refractivity contribution < 1.29 is 32.3 Å². The number of amides is 1. The Balaban J connectivity index is 2.48. The van der Waals surface area contributed by atoms with Crippen LogP contribution in [0.3, 0.4) is 0 Å². The summed E-state index contributed by atoms with van der Waals surface area (Å²) < 4.78 is 34.8. The molecule has 2 N–H and O–H groups in total. The Morgan fingerprint density at radius 2 is 1.92 bits per heavy atom. The first-order valence-electron chi connectivity index (χ1n) is 7.34. The van der Waals surface area contributed by atoms with Crippen LogP contribution in [0.15, 0.2) is 29.2 Å². The van der Waals surface area contributed by atoms with E-state index in [4.69, 9.17) is 4.74 Å². The van der Waals surface area contributed by atoms with Crippen LogP contribution < -0.4 is 10.0 Å². The molecule has 0 aliphatic heterocycles. The first kappa shape index (κ1) is 20.6. The average molecular weight is 372 g/mol. The fraction of sp³-hybridized carbons (Fsp3) is 0.400. The molecule has 0 unspecified atom stereocenters. The summed E-state index contributed by atoms with van der Waals surface area (Å²) in [6, 6.07) is 5.26. The summed E-state index contributed by atoms with van der Waals surface area (Å²) >= 11 is 0. The van der Waals surface area contributed by atoms with Crippen molar-refractivity contribution in [3.63, 3.8) is 0 Å². The van der Waals surface area contributed by atoms with E-state index in [-0.39, 0.29) is 29.4 Å². The number of methoxy groups -OCH3 is 1. The lowest BCUT2D eigenvalue weighted by Gasteiger charge is -2.07. The van der Waals surface area contributed by atoms with Gasteiger partial charge in [-0.1, -0.05) is 6.07 Å². The molecule has 25 heavy (non-hydrogen) atoms. The lowest BCUT2D eigenvalue weighted by molar-refractivity contribution is -0.140. The molecule has 0 aromatic heterocycles. The van der Waals surface area contributed by atoms with Gasteiger partial charge in [-0.15, -0.1) is 0 Å². The molecule has 138 valence electrons. The average Bonchev–Trinajstić information content (AvgIpc) is 2.63. The van der Waals surface area contributed by atoms with Gasteiger partial charge in [0.1, 0.15) is 0 Å². The molecular weight excluding hydrogens is 352 g/mol. The van der Waals surface area contributed by atoms with Crippen LogP contribution >= 0.6 is 0 Å². The second-order valence-electron chi connectivity index (χ2n) is 4.84. The highest BCUT2D eigenvalue weighted by Gasteiger charge is 2.16. The molecule has 0 saturated carbocycles. The maximum Gasteiger partial charge on any atom is 0.338 e. The molecule has 0 atom stereocenters. The van der Waals surface area contributed by atoms with E-state index in [0.717, 1.165) is 6.07 Å². The van der Waals surface area contributed by atoms with E-state index in [9.17, 15) is 22.8 Å². The number of sulfonamides is 1. The Bertz CT molecular complexity index is 731. The van der Waals surface area contributed by atoms with Crippen molar-refractivity contribution in [3.8, 4) is 0 Å². The number of hydrogen-bond donors (Lipinski definition) is 2. The van der Waals surface area contributed by atoms with Gasteiger partial charge >= 0.3 is 11.9 Å². The predicted molar refractivity (Wildman–Crippen MR) is 87.2 cm³/mol. The van der Waals surface area contributed by atoms with E-state index >= 15 is 0 Å². The van der Waals surface area contributed by atoms with E-state index in [1.807, 2.05) is 0 Å². The van der Waals surface area contributed by atoms with Crippen LogP contribution in [-0.2, 0) is 29.1 Å². The molecule has 10 heteroatoms. The number of benzene rings is 1. The van der Waals surface area contributed by atoms with Crippen LogP contribution in [0.2, 0.25) is 0 Å². The molecule has 1 amide bonds. The summed E-state index contributed by atoms with van der Waals surface area (Å²) in [4.78, 5) is 34.3. The molecule has 0 spiro atoms. The van der Waals surface area contributed by atoms with Crippen LogP contribution in [0, 0.1) is 0 Å². The molecule has 1 aromatic carbocycles. The van der Waals surface area contributed by atoms with E-state index in [0.29, 0.717) is 6.42 Å². The molecule has 0 heterocycles. The van der Waals surface area contributed by atoms with E-state index in [1.165, 1.54) is 32.4 Å². The first-order valence-corrected chi connectivity index (χ1v) is 8.82. The van der Waals surface area contributed by atoms with Gasteiger partial charge in [-0.25, -0.2) is 17.9 Å². The Morgan fingerprint density at radius 3 is 2.56 bits per heavy atom. The van der Waals surface area contributed by atoms with Crippen molar-refractivity contribution in [3.05, 3.63) is 29.8 Å². The minimum atomic E-state index is -3.68. The molecule has 0 fully saturated rings. The van der Waals surface area contributed by atoms with Gasteiger partial charge in [0.25, 0.3) is 5.91 Å². The molecule has 1 rings (SSSR count). The molecule has 1 aromatic rings. The van der Waals surface area contributed by atoms with Crippen LogP contribution in [0.5, 0.6) is 0 Å². The maximum absolute atomic E-state index is 11.9. The summed E-state index contributed by atoms with van der Waals surface area (Å²) in [6.45, 7) is -0.276. The number of rotatable bonds is 9. The minimum absolute atomic E-state index is 0.00909. The summed E-state index contributed by atoms with van der Waals surface area (Å²) in [5.74, 6) is -1.73. The largest absolute Gasteiger partial charge is 0.469 e. The second kappa shape index (κ2) is 9.74. The number of ether oxygens (including phenoxy) is 2. The summed E-state index contributed by atoms with van der Waals surface area (Å²) in [6.07, 6.45) is 0.569. The van der Waals surface area contributed by atoms with E-state index < -0.39 is 28.5 Å². The first-order chi connectivity index (χ1) is 11.8. The van der Waals surface area contributed by atoms with Crippen LogP contribution in [0.25, 0.3) is 0 Å². The third-order valence-electron chi connectivity index (χ3n) is 3.09. The minimum Gasteiger partial charge on any atom is -0.469 e. The van der Waals surface area contributed by atoms with Crippen molar-refractivity contribution in [1.82, 2.24) is 10.0 Å². The van der Waals surface area contributed by atoms with Gasteiger partial charge in [0.05, 0.1) is 17.6 Å². The van der Waals surface area contributed by atoms with Crippen molar-refractivity contribution in [1.29, 1.82) is 0 Å². The van der Waals surface area contributed by atoms with Crippen molar-refractivity contribution in [2.45, 2.75) is 17.7 Å². The summed E-state index contributed by atoms with van der Waals surface area (Å²) in [5.41, 5.74) is 0.00909. The lowest BCUT2D eigenvalue weighted by atomic mass is 10.2. The number of nitrogens with one attached hydrogen (secondary N) is 2. The van der Waals surface area contributed by atoms with Gasteiger partial charge in [0.2, 0.25) is 10.0 Å². The zero-order valence-corrected chi connectivity index (χ0v) is 14.7. The Labute approximate surface area is 145 Å². The highest BCUT2D eigenvalue weighted by atomic mass is 32.2. The molecule has 0 radical (unpaired) electrons. The highest BCUT2D eigenvalue weighted by molar-refractivity contribution is 7.89. The maximum atomic E-state index is 11.9. The van der Waals surface area contributed by atoms with Crippen molar-refractivity contribution in [2.24, 2.45) is 0 Å². The molecule has 0 aliphatic rings. The van der Waals surface area contributed by atoms with E-state index in [2.05, 4.69) is 14.8 Å². The molecule has 9 nitrogen and oxygen atoms in total. The van der Waals surface area contributed by atoms with Crippen molar-refractivity contribution >= 4 is 27.9 Å². The lowest BCUT2D eigenvalue weighted by Crippen LogP contribution is -2.30. The predicted octanol–water partition coefficient (Wildman–Crippen LogP) is -0.179.